The molecule has 1 aromatic carbocycles. The lowest BCUT2D eigenvalue weighted by molar-refractivity contribution is -0.139. The van der Waals surface area contributed by atoms with Crippen molar-refractivity contribution < 1.29 is 24.3 Å². The Kier molecular flexibility index (Phi) is 13.4. The Morgan fingerprint density at radius 3 is 2.55 bits per heavy atom. The first-order valence-corrected chi connectivity index (χ1v) is 16.4. The molecule has 0 fully saturated rings. The number of Topliss-reactive ketones (excluding diaryl/α,β-unsaturated/α-hetero) is 1. The predicted octanol–water partition coefficient (Wildman–Crippen LogP) is 2.52. The van der Waals surface area contributed by atoms with Gasteiger partial charge in [0.2, 0.25) is 11.9 Å². The van der Waals surface area contributed by atoms with Crippen LogP contribution in [0, 0.1) is 0 Å². The topological polar surface area (TPSA) is 222 Å². The van der Waals surface area contributed by atoms with Crippen LogP contribution in [-0.2, 0) is 20.9 Å². The number of fused-ring (bicyclic) bond motifs is 1. The lowest BCUT2D eigenvalue weighted by Gasteiger charge is -2.15. The fraction of sp³-hybridized carbons (Fsp3) is 0.429. The highest BCUT2D eigenvalue weighted by molar-refractivity contribution is 8.76. The SMILES string of the molecule is CCC(=O)CCC(C)SSCCNC(=O)CC[C@H](NC(=O)c1ccc(NCc2cnc3nc(N)[nH]c(=O)c3n2)cc1)C(=O)O. The summed E-state index contributed by atoms with van der Waals surface area (Å²) in [5.41, 5.74) is 6.60. The van der Waals surface area contributed by atoms with Gasteiger partial charge in [-0.1, -0.05) is 35.4 Å². The van der Waals surface area contributed by atoms with Crippen molar-refractivity contribution in [2.45, 2.75) is 63.8 Å². The van der Waals surface area contributed by atoms with Crippen molar-refractivity contribution in [2.24, 2.45) is 0 Å². The number of carboxylic acids is 1. The van der Waals surface area contributed by atoms with Crippen molar-refractivity contribution in [2.75, 3.05) is 23.3 Å². The largest absolute Gasteiger partial charge is 0.480 e. The van der Waals surface area contributed by atoms with Crippen LogP contribution in [0.5, 0.6) is 0 Å². The molecule has 2 atom stereocenters. The molecule has 14 nitrogen and oxygen atoms in total. The zero-order valence-corrected chi connectivity index (χ0v) is 26.1. The number of rotatable bonds is 18. The second kappa shape index (κ2) is 17.2. The number of anilines is 2. The number of hydrogen-bond donors (Lipinski definition) is 6. The molecule has 2 aromatic heterocycles. The Balaban J connectivity index is 1.40. The minimum atomic E-state index is -1.24. The number of aliphatic carboxylic acids is 1. The molecule has 16 heteroatoms. The number of nitrogens with two attached hydrogens (primary N) is 1. The molecule has 0 spiro atoms. The Hall–Kier alpha value is -4.18. The van der Waals surface area contributed by atoms with Gasteiger partial charge in [-0.15, -0.1) is 0 Å². The monoisotopic (exact) mass is 644 g/mol. The Morgan fingerprint density at radius 2 is 1.84 bits per heavy atom. The van der Waals surface area contributed by atoms with Crippen LogP contribution < -0.4 is 27.2 Å². The molecule has 2 amide bonds. The van der Waals surface area contributed by atoms with E-state index in [4.69, 9.17) is 5.73 Å². The highest BCUT2D eigenvalue weighted by Gasteiger charge is 2.22. The van der Waals surface area contributed by atoms with Gasteiger partial charge in [-0.3, -0.25) is 24.2 Å². The molecule has 0 bridgehead atoms. The number of carbonyl (C=O) groups is 4. The molecular formula is C28H36N8O6S2. The van der Waals surface area contributed by atoms with Gasteiger partial charge in [0, 0.05) is 48.1 Å². The molecule has 0 aliphatic rings. The minimum Gasteiger partial charge on any atom is -0.480 e. The number of nitrogens with one attached hydrogen (secondary N) is 4. The predicted molar refractivity (Wildman–Crippen MR) is 171 cm³/mol. The summed E-state index contributed by atoms with van der Waals surface area (Å²) < 4.78 is 0. The van der Waals surface area contributed by atoms with E-state index in [9.17, 15) is 29.1 Å². The maximum Gasteiger partial charge on any atom is 0.326 e. The van der Waals surface area contributed by atoms with Gasteiger partial charge in [-0.25, -0.2) is 14.8 Å². The number of aromatic nitrogens is 4. The zero-order valence-electron chi connectivity index (χ0n) is 24.4. The molecule has 3 rings (SSSR count). The number of ketones is 1. The first kappa shape index (κ1) is 34.3. The third-order valence-corrected chi connectivity index (χ3v) is 9.30. The fourth-order valence-electron chi connectivity index (χ4n) is 3.84. The van der Waals surface area contributed by atoms with Crippen LogP contribution in [0.3, 0.4) is 0 Å². The van der Waals surface area contributed by atoms with E-state index in [1.807, 2.05) is 6.92 Å². The Labute approximate surface area is 261 Å². The highest BCUT2D eigenvalue weighted by atomic mass is 33.1. The van der Waals surface area contributed by atoms with Gasteiger partial charge in [-0.05, 0) is 37.1 Å². The van der Waals surface area contributed by atoms with Crippen molar-refractivity contribution in [1.82, 2.24) is 30.6 Å². The number of aromatic amines is 1. The van der Waals surface area contributed by atoms with Crippen LogP contribution in [0.1, 0.15) is 62.0 Å². The lowest BCUT2D eigenvalue weighted by atomic mass is 10.1. The van der Waals surface area contributed by atoms with Gasteiger partial charge in [0.1, 0.15) is 11.8 Å². The Bertz CT molecular complexity index is 1520. The molecule has 3 aromatic rings. The number of amides is 2. The van der Waals surface area contributed by atoms with Gasteiger partial charge in [0.15, 0.2) is 11.2 Å². The molecule has 2 heterocycles. The zero-order chi connectivity index (χ0) is 32.1. The molecule has 0 saturated heterocycles. The van der Waals surface area contributed by atoms with E-state index in [1.165, 1.54) is 18.3 Å². The summed E-state index contributed by atoms with van der Waals surface area (Å²) in [5.74, 6) is -1.23. The lowest BCUT2D eigenvalue weighted by Crippen LogP contribution is -2.41. The molecule has 0 radical (unpaired) electrons. The standard InChI is InChI=1S/C28H36N8O6S2/c1-3-20(37)9-4-16(2)44-43-13-12-30-22(38)11-10-21(27(41)42)34-25(39)17-5-7-18(8-6-17)31-14-19-15-32-24-23(33-19)26(40)36-28(29)35-24/h5-8,15-16,21,31H,3-4,9-14H2,1-2H3,(H,30,38)(H,34,39)(H,41,42)(H3,29,32,35,36,40)/t16?,21-/m0/s1. The molecule has 44 heavy (non-hydrogen) atoms. The number of benzene rings is 1. The van der Waals surface area contributed by atoms with Crippen molar-refractivity contribution in [3.05, 3.63) is 52.1 Å². The number of carboxylic acid groups (broad SMARTS) is 1. The molecule has 7 N–H and O–H groups in total. The summed E-state index contributed by atoms with van der Waals surface area (Å²) in [7, 11) is 3.28. The number of nitrogen functional groups attached to an aromatic ring is 1. The second-order valence-corrected chi connectivity index (χ2v) is 12.8. The second-order valence-electron chi connectivity index (χ2n) is 9.83. The van der Waals surface area contributed by atoms with Gasteiger partial charge in [0.25, 0.3) is 11.5 Å². The number of carbonyl (C=O) groups excluding carboxylic acids is 3. The highest BCUT2D eigenvalue weighted by Crippen LogP contribution is 2.28. The summed E-state index contributed by atoms with van der Waals surface area (Å²) in [4.78, 5) is 74.8. The Morgan fingerprint density at radius 1 is 1.09 bits per heavy atom. The van der Waals surface area contributed by atoms with Crippen LogP contribution in [0.2, 0.25) is 0 Å². The third kappa shape index (κ3) is 11.1. The maximum absolute atomic E-state index is 12.7. The minimum absolute atomic E-state index is 0.0490. The maximum atomic E-state index is 12.7. The van der Waals surface area contributed by atoms with Crippen LogP contribution in [0.25, 0.3) is 11.2 Å². The molecular weight excluding hydrogens is 608 g/mol. The smallest absolute Gasteiger partial charge is 0.326 e. The molecule has 236 valence electrons. The van der Waals surface area contributed by atoms with E-state index in [-0.39, 0.29) is 53.8 Å². The first-order chi connectivity index (χ1) is 21.0. The quantitative estimate of drug-likeness (QED) is 0.0866. The van der Waals surface area contributed by atoms with Crippen LogP contribution in [-0.4, -0.2) is 72.2 Å². The summed E-state index contributed by atoms with van der Waals surface area (Å²) >= 11 is 0. The molecule has 0 aliphatic heterocycles. The molecule has 0 saturated carbocycles. The van der Waals surface area contributed by atoms with Crippen molar-refractivity contribution in [3.63, 3.8) is 0 Å². The van der Waals surface area contributed by atoms with Crippen molar-refractivity contribution >= 4 is 68.0 Å². The van der Waals surface area contributed by atoms with E-state index in [1.54, 1.807) is 33.7 Å². The number of nitrogens with zero attached hydrogens (tertiary/aromatic N) is 3. The summed E-state index contributed by atoms with van der Waals surface area (Å²) in [6.07, 6.45) is 3.31. The molecule has 1 unspecified atom stereocenters. The summed E-state index contributed by atoms with van der Waals surface area (Å²) in [5, 5.41) is 18.2. The van der Waals surface area contributed by atoms with Gasteiger partial charge in [-0.2, -0.15) is 4.98 Å². The average Bonchev–Trinajstić information content (AvgIpc) is 3.00. The normalized spacial score (nSPS) is 12.3. The van der Waals surface area contributed by atoms with E-state index in [0.717, 1.165) is 6.42 Å². The third-order valence-electron chi connectivity index (χ3n) is 6.33. The number of H-pyrrole nitrogens is 1. The number of hydrogen-bond acceptors (Lipinski definition) is 12. The van der Waals surface area contributed by atoms with Gasteiger partial charge < -0.3 is 26.8 Å². The van der Waals surface area contributed by atoms with Crippen LogP contribution in [0.4, 0.5) is 11.6 Å². The van der Waals surface area contributed by atoms with E-state index < -0.39 is 23.5 Å². The van der Waals surface area contributed by atoms with Crippen molar-refractivity contribution in [3.8, 4) is 0 Å². The molecule has 0 aliphatic carbocycles. The fourth-order valence-corrected chi connectivity index (χ4v) is 6.09. The van der Waals surface area contributed by atoms with Gasteiger partial charge >= 0.3 is 5.97 Å². The van der Waals surface area contributed by atoms with Crippen LogP contribution >= 0.6 is 21.6 Å². The first-order valence-electron chi connectivity index (χ1n) is 14.0. The van der Waals surface area contributed by atoms with Gasteiger partial charge in [0.05, 0.1) is 18.4 Å². The van der Waals surface area contributed by atoms with E-state index in [0.29, 0.717) is 41.8 Å². The summed E-state index contributed by atoms with van der Waals surface area (Å²) in [6, 6.07) is 5.12. The summed E-state index contributed by atoms with van der Waals surface area (Å²) in [6.45, 7) is 4.59. The van der Waals surface area contributed by atoms with E-state index in [2.05, 4.69) is 42.8 Å². The average molecular weight is 645 g/mol. The van der Waals surface area contributed by atoms with Crippen LogP contribution in [0.15, 0.2) is 35.3 Å². The van der Waals surface area contributed by atoms with E-state index >= 15 is 0 Å². The van der Waals surface area contributed by atoms with Crippen molar-refractivity contribution in [1.29, 1.82) is 0 Å².